The van der Waals surface area contributed by atoms with Crippen molar-refractivity contribution < 1.29 is 9.18 Å². The minimum absolute atomic E-state index is 0.0249. The maximum absolute atomic E-state index is 13.2. The van der Waals surface area contributed by atoms with Gasteiger partial charge >= 0.3 is 0 Å². The van der Waals surface area contributed by atoms with Crippen molar-refractivity contribution in [2.75, 3.05) is 6.54 Å². The lowest BCUT2D eigenvalue weighted by Gasteiger charge is -2.37. The van der Waals surface area contributed by atoms with E-state index in [1.807, 2.05) is 6.92 Å². The van der Waals surface area contributed by atoms with Gasteiger partial charge in [-0.15, -0.1) is 0 Å². The van der Waals surface area contributed by atoms with E-state index in [-0.39, 0.29) is 17.6 Å². The Morgan fingerprint density at radius 3 is 3.13 bits per heavy atom. The van der Waals surface area contributed by atoms with Crippen LogP contribution in [0.2, 0.25) is 0 Å². The largest absolute Gasteiger partial charge is 0.355 e. The molecule has 1 heterocycles. The maximum atomic E-state index is 13.2. The maximum Gasteiger partial charge on any atom is 0.224 e. The number of hydrogen-bond donors (Lipinski definition) is 3. The van der Waals surface area contributed by atoms with E-state index in [4.69, 9.17) is 5.73 Å². The Morgan fingerprint density at radius 2 is 2.35 bits per heavy atom. The van der Waals surface area contributed by atoms with Crippen LogP contribution in [0.5, 0.6) is 0 Å². The molecule has 0 radical (unpaired) electrons. The zero-order valence-corrected chi connectivity index (χ0v) is 13.4. The topological polar surface area (TPSA) is 83.8 Å². The Morgan fingerprint density at radius 1 is 1.52 bits per heavy atom. The molecule has 1 fully saturated rings. The predicted molar refractivity (Wildman–Crippen MR) is 87.3 cm³/mol. The number of carbonyl (C=O) groups excluding carboxylic acids is 1. The van der Waals surface area contributed by atoms with E-state index in [1.165, 1.54) is 12.1 Å². The molecule has 1 aliphatic rings. The van der Waals surface area contributed by atoms with Crippen molar-refractivity contribution in [3.05, 3.63) is 29.8 Å². The van der Waals surface area contributed by atoms with Crippen LogP contribution in [0.4, 0.5) is 4.39 Å². The summed E-state index contributed by atoms with van der Waals surface area (Å²) in [5, 5.41) is 2.96. The van der Waals surface area contributed by atoms with E-state index < -0.39 is 5.54 Å². The fourth-order valence-electron chi connectivity index (χ4n) is 3.37. The third kappa shape index (κ3) is 3.52. The average molecular weight is 318 g/mol. The minimum Gasteiger partial charge on any atom is -0.355 e. The number of nitrogens with two attached hydrogens (primary N) is 1. The average Bonchev–Trinajstić information content (AvgIpc) is 2.88. The molecule has 124 valence electrons. The fraction of sp³-hybridized carbons (Fsp3) is 0.529. The molecule has 4 N–H and O–H groups in total. The molecule has 1 aliphatic carbocycles. The summed E-state index contributed by atoms with van der Waals surface area (Å²) in [5.74, 6) is 0.350. The van der Waals surface area contributed by atoms with Crippen LogP contribution in [0.15, 0.2) is 18.2 Å². The molecule has 2 aromatic rings. The lowest BCUT2D eigenvalue weighted by Crippen LogP contribution is -2.53. The van der Waals surface area contributed by atoms with E-state index in [9.17, 15) is 9.18 Å². The summed E-state index contributed by atoms with van der Waals surface area (Å²) < 4.78 is 13.2. The van der Waals surface area contributed by atoms with Gasteiger partial charge in [0, 0.05) is 18.5 Å². The molecule has 1 amide bonds. The number of rotatable bonds is 4. The van der Waals surface area contributed by atoms with Crippen LogP contribution in [-0.4, -0.2) is 28.0 Å². The summed E-state index contributed by atoms with van der Waals surface area (Å²) in [6.07, 6.45) is 4.46. The second-order valence-corrected chi connectivity index (χ2v) is 6.69. The Labute approximate surface area is 134 Å². The van der Waals surface area contributed by atoms with Crippen molar-refractivity contribution in [2.24, 2.45) is 11.7 Å². The van der Waals surface area contributed by atoms with Crippen LogP contribution < -0.4 is 11.1 Å². The lowest BCUT2D eigenvalue weighted by molar-refractivity contribution is -0.128. The normalized spacial score (nSPS) is 24.7. The number of amides is 1. The molecule has 6 heteroatoms. The summed E-state index contributed by atoms with van der Waals surface area (Å²) in [4.78, 5) is 19.8. The van der Waals surface area contributed by atoms with Crippen molar-refractivity contribution in [1.29, 1.82) is 0 Å². The highest BCUT2D eigenvalue weighted by Crippen LogP contribution is 2.31. The van der Waals surface area contributed by atoms with Crippen LogP contribution in [0.3, 0.4) is 0 Å². The second kappa shape index (κ2) is 6.28. The number of benzene rings is 1. The molecular weight excluding hydrogens is 295 g/mol. The Kier molecular flexibility index (Phi) is 4.35. The molecule has 1 aromatic heterocycles. The van der Waals surface area contributed by atoms with Crippen molar-refractivity contribution in [3.8, 4) is 0 Å². The van der Waals surface area contributed by atoms with Gasteiger partial charge in [0.05, 0.1) is 17.0 Å². The first kappa shape index (κ1) is 15.9. The number of imidazole rings is 1. The number of nitrogens with one attached hydrogen (secondary N) is 2. The summed E-state index contributed by atoms with van der Waals surface area (Å²) >= 11 is 0. The van der Waals surface area contributed by atoms with Gasteiger partial charge in [-0.05, 0) is 38.0 Å². The number of H-pyrrole nitrogens is 1. The molecule has 5 nitrogen and oxygen atoms in total. The van der Waals surface area contributed by atoms with Gasteiger partial charge in [-0.3, -0.25) is 4.79 Å². The van der Waals surface area contributed by atoms with Crippen molar-refractivity contribution in [3.63, 3.8) is 0 Å². The summed E-state index contributed by atoms with van der Waals surface area (Å²) in [5.41, 5.74) is 7.24. The van der Waals surface area contributed by atoms with Crippen LogP contribution in [0, 0.1) is 11.7 Å². The van der Waals surface area contributed by atoms with Crippen LogP contribution in [-0.2, 0) is 11.2 Å². The monoisotopic (exact) mass is 318 g/mol. The number of carbonyl (C=O) groups is 1. The molecule has 3 rings (SSSR count). The van der Waals surface area contributed by atoms with E-state index in [0.717, 1.165) is 37.0 Å². The number of nitrogens with zero attached hydrogens (tertiary/aromatic N) is 1. The SMILES string of the molecule is CC1(N)CCCCC1C(=O)NCCc1nc2ccc(F)cc2[nH]1. The van der Waals surface area contributed by atoms with E-state index in [0.29, 0.717) is 18.5 Å². The molecular formula is C17H23FN4O. The summed E-state index contributed by atoms with van der Waals surface area (Å²) in [6, 6.07) is 4.46. The first-order chi connectivity index (χ1) is 11.0. The number of aromatic nitrogens is 2. The molecule has 2 atom stereocenters. The zero-order chi connectivity index (χ0) is 16.4. The number of fused-ring (bicyclic) bond motifs is 1. The standard InChI is InChI=1S/C17H23FN4O/c1-17(19)8-3-2-4-12(17)16(23)20-9-7-15-21-13-6-5-11(18)10-14(13)22-15/h5-6,10,12H,2-4,7-9,19H2,1H3,(H,20,23)(H,21,22). The molecule has 1 aromatic carbocycles. The molecule has 0 spiro atoms. The van der Waals surface area contributed by atoms with Crippen LogP contribution in [0.1, 0.15) is 38.4 Å². The number of hydrogen-bond acceptors (Lipinski definition) is 3. The van der Waals surface area contributed by atoms with Gasteiger partial charge in [0.2, 0.25) is 5.91 Å². The van der Waals surface area contributed by atoms with Crippen molar-refractivity contribution in [1.82, 2.24) is 15.3 Å². The lowest BCUT2D eigenvalue weighted by atomic mass is 9.74. The Balaban J connectivity index is 1.56. The smallest absolute Gasteiger partial charge is 0.224 e. The van der Waals surface area contributed by atoms with Crippen molar-refractivity contribution in [2.45, 2.75) is 44.6 Å². The highest BCUT2D eigenvalue weighted by molar-refractivity contribution is 5.80. The Bertz CT molecular complexity index is 710. The highest BCUT2D eigenvalue weighted by atomic mass is 19.1. The van der Waals surface area contributed by atoms with Gasteiger partial charge in [-0.25, -0.2) is 9.37 Å². The summed E-state index contributed by atoms with van der Waals surface area (Å²) in [7, 11) is 0. The molecule has 23 heavy (non-hydrogen) atoms. The first-order valence-electron chi connectivity index (χ1n) is 8.16. The molecule has 1 saturated carbocycles. The Hall–Kier alpha value is -1.95. The molecule has 2 unspecified atom stereocenters. The van der Waals surface area contributed by atoms with E-state index in [2.05, 4.69) is 15.3 Å². The third-order valence-electron chi connectivity index (χ3n) is 4.72. The van der Waals surface area contributed by atoms with Crippen LogP contribution >= 0.6 is 0 Å². The summed E-state index contributed by atoms with van der Waals surface area (Å²) in [6.45, 7) is 2.46. The predicted octanol–water partition coefficient (Wildman–Crippen LogP) is 2.27. The fourth-order valence-corrected chi connectivity index (χ4v) is 3.37. The minimum atomic E-state index is -0.417. The van der Waals surface area contributed by atoms with Gasteiger partial charge < -0.3 is 16.0 Å². The number of aromatic amines is 1. The molecule has 0 saturated heterocycles. The van der Waals surface area contributed by atoms with E-state index >= 15 is 0 Å². The van der Waals surface area contributed by atoms with Gasteiger partial charge in [0.25, 0.3) is 0 Å². The highest BCUT2D eigenvalue weighted by Gasteiger charge is 2.37. The number of halogens is 1. The van der Waals surface area contributed by atoms with Gasteiger partial charge in [0.15, 0.2) is 0 Å². The van der Waals surface area contributed by atoms with E-state index in [1.54, 1.807) is 6.07 Å². The van der Waals surface area contributed by atoms with Gasteiger partial charge in [-0.1, -0.05) is 12.8 Å². The van der Waals surface area contributed by atoms with Crippen molar-refractivity contribution >= 4 is 16.9 Å². The third-order valence-corrected chi connectivity index (χ3v) is 4.72. The molecule has 0 bridgehead atoms. The quantitative estimate of drug-likeness (QED) is 0.808. The first-order valence-corrected chi connectivity index (χ1v) is 8.16. The van der Waals surface area contributed by atoms with Gasteiger partial charge in [-0.2, -0.15) is 0 Å². The van der Waals surface area contributed by atoms with Gasteiger partial charge in [0.1, 0.15) is 11.6 Å². The molecule has 0 aliphatic heterocycles. The second-order valence-electron chi connectivity index (χ2n) is 6.69. The van der Waals surface area contributed by atoms with Crippen LogP contribution in [0.25, 0.3) is 11.0 Å². The zero-order valence-electron chi connectivity index (χ0n) is 13.4.